The molecule has 1 aromatic heterocycles. The number of carbonyl (C=O) groups excluding carboxylic acids is 1. The zero-order valence-corrected chi connectivity index (χ0v) is 20.5. The third kappa shape index (κ3) is 5.69. The molecule has 180 valence electrons. The summed E-state index contributed by atoms with van der Waals surface area (Å²) in [5.74, 6) is 0.290. The second kappa shape index (κ2) is 10.4. The fraction of sp³-hybridized carbons (Fsp3) is 0.346. The van der Waals surface area contributed by atoms with Crippen LogP contribution in [0, 0.1) is 6.92 Å². The molecule has 2 aromatic carbocycles. The van der Waals surface area contributed by atoms with Gasteiger partial charge < -0.3 is 14.2 Å². The Kier molecular flexibility index (Phi) is 7.38. The van der Waals surface area contributed by atoms with Crippen molar-refractivity contribution in [2.24, 2.45) is 0 Å². The Balaban J connectivity index is 1.44. The van der Waals surface area contributed by atoms with Crippen molar-refractivity contribution in [3.8, 4) is 0 Å². The van der Waals surface area contributed by atoms with Crippen LogP contribution in [0.15, 0.2) is 70.2 Å². The minimum atomic E-state index is -3.79. The summed E-state index contributed by atoms with van der Waals surface area (Å²) in [6.45, 7) is 4.46. The van der Waals surface area contributed by atoms with E-state index in [9.17, 15) is 13.2 Å². The summed E-state index contributed by atoms with van der Waals surface area (Å²) in [5.41, 5.74) is 3.34. The van der Waals surface area contributed by atoms with Crippen LogP contribution in [0.3, 0.4) is 0 Å². The number of anilines is 1. The zero-order valence-electron chi connectivity index (χ0n) is 19.7. The molecule has 0 saturated carbocycles. The quantitative estimate of drug-likeness (QED) is 0.518. The molecule has 0 radical (unpaired) electrons. The summed E-state index contributed by atoms with van der Waals surface area (Å²) in [6, 6.07) is 16.3. The molecule has 7 nitrogen and oxygen atoms in total. The van der Waals surface area contributed by atoms with Gasteiger partial charge in [0, 0.05) is 37.9 Å². The van der Waals surface area contributed by atoms with E-state index < -0.39 is 10.0 Å². The highest BCUT2D eigenvalue weighted by molar-refractivity contribution is 7.89. The molecule has 34 heavy (non-hydrogen) atoms. The van der Waals surface area contributed by atoms with Crippen molar-refractivity contribution in [1.82, 2.24) is 9.62 Å². The first kappa shape index (κ1) is 24.0. The van der Waals surface area contributed by atoms with Gasteiger partial charge in [-0.2, -0.15) is 0 Å². The summed E-state index contributed by atoms with van der Waals surface area (Å²) in [5, 5.41) is 0. The van der Waals surface area contributed by atoms with E-state index in [1.165, 1.54) is 43.3 Å². The van der Waals surface area contributed by atoms with Crippen molar-refractivity contribution in [2.45, 2.75) is 44.2 Å². The molecule has 0 bridgehead atoms. The Morgan fingerprint density at radius 2 is 1.79 bits per heavy atom. The summed E-state index contributed by atoms with van der Waals surface area (Å²) >= 11 is 0. The van der Waals surface area contributed by atoms with Crippen molar-refractivity contribution in [3.05, 3.63) is 83.3 Å². The molecule has 3 aromatic rings. The Hall–Kier alpha value is -3.10. The van der Waals surface area contributed by atoms with E-state index in [4.69, 9.17) is 4.42 Å². The molecule has 0 unspecified atom stereocenters. The minimum Gasteiger partial charge on any atom is -0.468 e. The second-order valence-corrected chi connectivity index (χ2v) is 10.5. The first-order chi connectivity index (χ1) is 16.3. The van der Waals surface area contributed by atoms with Gasteiger partial charge >= 0.3 is 0 Å². The number of nitrogens with zero attached hydrogens (tertiary/aromatic N) is 2. The average Bonchev–Trinajstić information content (AvgIpc) is 3.37. The smallest absolute Gasteiger partial charge is 0.254 e. The number of piperidine rings is 1. The molecule has 0 spiro atoms. The molecule has 4 rings (SSSR count). The molecular weight excluding hydrogens is 450 g/mol. The van der Waals surface area contributed by atoms with Gasteiger partial charge in [-0.25, -0.2) is 13.1 Å². The molecule has 1 aliphatic rings. The number of hydrogen-bond acceptors (Lipinski definition) is 5. The van der Waals surface area contributed by atoms with Crippen LogP contribution in [0.4, 0.5) is 5.69 Å². The van der Waals surface area contributed by atoms with Crippen LogP contribution < -0.4 is 9.62 Å². The lowest BCUT2D eigenvalue weighted by Gasteiger charge is -2.29. The maximum Gasteiger partial charge on any atom is 0.254 e. The number of benzene rings is 2. The molecule has 1 fully saturated rings. The van der Waals surface area contributed by atoms with Crippen LogP contribution in [0.5, 0.6) is 0 Å². The Morgan fingerprint density at radius 3 is 2.47 bits per heavy atom. The van der Waals surface area contributed by atoms with Gasteiger partial charge in [-0.3, -0.25) is 4.79 Å². The van der Waals surface area contributed by atoms with E-state index in [1.54, 1.807) is 37.1 Å². The third-order valence-electron chi connectivity index (χ3n) is 6.19. The highest BCUT2D eigenvalue weighted by Gasteiger charge is 2.20. The lowest BCUT2D eigenvalue weighted by Crippen LogP contribution is -2.29. The van der Waals surface area contributed by atoms with Gasteiger partial charge in [-0.05, 0) is 73.7 Å². The van der Waals surface area contributed by atoms with Crippen LogP contribution in [-0.2, 0) is 23.1 Å². The summed E-state index contributed by atoms with van der Waals surface area (Å²) in [6.07, 6.45) is 5.24. The van der Waals surface area contributed by atoms with Gasteiger partial charge in [0.25, 0.3) is 5.91 Å². The predicted molar refractivity (Wildman–Crippen MR) is 132 cm³/mol. The third-order valence-corrected chi connectivity index (χ3v) is 7.59. The van der Waals surface area contributed by atoms with Gasteiger partial charge in [0.15, 0.2) is 0 Å². The topological polar surface area (TPSA) is 82.9 Å². The molecule has 8 heteroatoms. The number of furan rings is 1. The van der Waals surface area contributed by atoms with Crippen molar-refractivity contribution < 1.29 is 17.6 Å². The van der Waals surface area contributed by atoms with E-state index >= 15 is 0 Å². The lowest BCUT2D eigenvalue weighted by molar-refractivity contribution is 0.0784. The highest BCUT2D eigenvalue weighted by Crippen LogP contribution is 2.22. The maximum atomic E-state index is 13.2. The normalized spacial score (nSPS) is 14.2. The number of carbonyl (C=O) groups is 1. The Morgan fingerprint density at radius 1 is 1.06 bits per heavy atom. The maximum absolute atomic E-state index is 13.2. The second-order valence-electron chi connectivity index (χ2n) is 8.76. The van der Waals surface area contributed by atoms with Crippen LogP contribution >= 0.6 is 0 Å². The van der Waals surface area contributed by atoms with Crippen LogP contribution in [-0.4, -0.2) is 39.4 Å². The number of amides is 1. The Bertz CT molecular complexity index is 1220. The zero-order chi connectivity index (χ0) is 24.1. The standard InChI is InChI=1S/C26H31N3O4S/c1-20-8-13-24(34(31,32)27-18-23-7-6-16-33-23)17-25(20)26(30)28(2)19-21-9-11-22(12-10-21)29-14-4-3-5-15-29/h6-13,16-17,27H,3-5,14-15,18-19H2,1-2H3. The number of nitrogens with one attached hydrogen (secondary N) is 1. The van der Waals surface area contributed by atoms with E-state index in [-0.39, 0.29) is 17.3 Å². The van der Waals surface area contributed by atoms with Gasteiger partial charge in [-0.1, -0.05) is 18.2 Å². The van der Waals surface area contributed by atoms with Gasteiger partial charge in [0.2, 0.25) is 10.0 Å². The molecular formula is C26H31N3O4S. The average molecular weight is 482 g/mol. The highest BCUT2D eigenvalue weighted by atomic mass is 32.2. The predicted octanol–water partition coefficient (Wildman–Crippen LogP) is 4.33. The largest absolute Gasteiger partial charge is 0.468 e. The minimum absolute atomic E-state index is 0.0415. The van der Waals surface area contributed by atoms with Crippen LogP contribution in [0.25, 0.3) is 0 Å². The first-order valence-electron chi connectivity index (χ1n) is 11.6. The number of sulfonamides is 1. The van der Waals surface area contributed by atoms with Crippen LogP contribution in [0.1, 0.15) is 46.5 Å². The SMILES string of the molecule is Cc1ccc(S(=O)(=O)NCc2ccco2)cc1C(=O)N(C)Cc1ccc(N2CCCCC2)cc1. The van der Waals surface area contributed by atoms with Crippen molar-refractivity contribution >= 4 is 21.6 Å². The van der Waals surface area contributed by atoms with Crippen molar-refractivity contribution in [2.75, 3.05) is 25.0 Å². The fourth-order valence-corrected chi connectivity index (χ4v) is 5.20. The monoisotopic (exact) mass is 481 g/mol. The molecule has 1 N–H and O–H groups in total. The van der Waals surface area contributed by atoms with Gasteiger partial charge in [0.1, 0.15) is 5.76 Å². The number of rotatable bonds is 8. The summed E-state index contributed by atoms with van der Waals surface area (Å²) < 4.78 is 33.2. The molecule has 1 amide bonds. The number of aryl methyl sites for hydroxylation is 1. The van der Waals surface area contributed by atoms with E-state index in [1.807, 2.05) is 0 Å². The van der Waals surface area contributed by atoms with Gasteiger partial charge in [0.05, 0.1) is 17.7 Å². The molecule has 2 heterocycles. The van der Waals surface area contributed by atoms with E-state index in [2.05, 4.69) is 33.9 Å². The number of hydrogen-bond donors (Lipinski definition) is 1. The fourth-order valence-electron chi connectivity index (χ4n) is 4.18. The van der Waals surface area contributed by atoms with Crippen molar-refractivity contribution in [1.29, 1.82) is 0 Å². The molecule has 0 atom stereocenters. The van der Waals surface area contributed by atoms with E-state index in [0.29, 0.717) is 17.9 Å². The first-order valence-corrected chi connectivity index (χ1v) is 13.0. The molecule has 1 aliphatic heterocycles. The molecule has 1 saturated heterocycles. The Labute approximate surface area is 201 Å². The molecule has 0 aliphatic carbocycles. The van der Waals surface area contributed by atoms with E-state index in [0.717, 1.165) is 24.2 Å². The van der Waals surface area contributed by atoms with Crippen molar-refractivity contribution in [3.63, 3.8) is 0 Å². The summed E-state index contributed by atoms with van der Waals surface area (Å²) in [7, 11) is -2.06. The lowest BCUT2D eigenvalue weighted by atomic mass is 10.1. The van der Waals surface area contributed by atoms with Crippen LogP contribution in [0.2, 0.25) is 0 Å². The van der Waals surface area contributed by atoms with Gasteiger partial charge in [-0.15, -0.1) is 0 Å². The summed E-state index contributed by atoms with van der Waals surface area (Å²) in [4.78, 5) is 17.3.